The summed E-state index contributed by atoms with van der Waals surface area (Å²) in [5, 5.41) is 2.87. The average Bonchev–Trinajstić information content (AvgIpc) is 2.76. The van der Waals surface area contributed by atoms with Crippen LogP contribution < -0.4 is 5.32 Å². The van der Waals surface area contributed by atoms with E-state index in [1.807, 2.05) is 50.3 Å². The van der Waals surface area contributed by atoms with E-state index in [0.717, 1.165) is 20.6 Å². The lowest BCUT2D eigenvalue weighted by Crippen LogP contribution is -2.08. The summed E-state index contributed by atoms with van der Waals surface area (Å²) >= 11 is 5.07. The number of benzene rings is 1. The fourth-order valence-corrected chi connectivity index (χ4v) is 2.90. The summed E-state index contributed by atoms with van der Waals surface area (Å²) in [5.41, 5.74) is 1.86. The molecule has 1 aromatic heterocycles. The predicted molar refractivity (Wildman–Crippen MR) is 85.6 cm³/mol. The van der Waals surface area contributed by atoms with Gasteiger partial charge in [-0.1, -0.05) is 15.9 Å². The van der Waals surface area contributed by atoms with Crippen LogP contribution in [-0.2, 0) is 4.79 Å². The first kappa shape index (κ1) is 14.0. The van der Waals surface area contributed by atoms with E-state index >= 15 is 0 Å². The lowest BCUT2D eigenvalue weighted by atomic mass is 10.2. The van der Waals surface area contributed by atoms with Crippen molar-refractivity contribution in [3.8, 4) is 0 Å². The van der Waals surface area contributed by atoms with Crippen LogP contribution in [0.3, 0.4) is 0 Å². The van der Waals surface area contributed by atoms with Gasteiger partial charge < -0.3 is 5.32 Å². The first-order valence-corrected chi connectivity index (χ1v) is 7.47. The van der Waals surface area contributed by atoms with Gasteiger partial charge in [0.2, 0.25) is 5.91 Å². The third-order valence-corrected chi connectivity index (χ3v) is 4.07. The lowest BCUT2D eigenvalue weighted by Gasteiger charge is -2.06. The standard InChI is InChI=1S/C15H14BrNOS/c1-10-9-12(16)4-7-14(10)17-15(18)8-6-13-5-3-11(2)19-13/h3-9H,1-2H3,(H,17,18)/b8-6+. The highest BCUT2D eigenvalue weighted by Gasteiger charge is 2.02. The fourth-order valence-electron chi connectivity index (χ4n) is 1.64. The van der Waals surface area contributed by atoms with Gasteiger partial charge in [-0.25, -0.2) is 0 Å². The van der Waals surface area contributed by atoms with Gasteiger partial charge in [0.1, 0.15) is 0 Å². The number of halogens is 1. The van der Waals surface area contributed by atoms with Crippen LogP contribution in [0.1, 0.15) is 15.3 Å². The van der Waals surface area contributed by atoms with Crippen LogP contribution in [0, 0.1) is 13.8 Å². The SMILES string of the molecule is Cc1ccc(/C=C/C(=O)Nc2ccc(Br)cc2C)s1. The molecule has 1 heterocycles. The lowest BCUT2D eigenvalue weighted by molar-refractivity contribution is -0.111. The number of aryl methyl sites for hydroxylation is 2. The summed E-state index contributed by atoms with van der Waals surface area (Å²) in [5.74, 6) is -0.114. The molecule has 0 bridgehead atoms. The van der Waals surface area contributed by atoms with Crippen molar-refractivity contribution >= 4 is 44.9 Å². The van der Waals surface area contributed by atoms with Crippen LogP contribution in [0.4, 0.5) is 5.69 Å². The van der Waals surface area contributed by atoms with E-state index in [9.17, 15) is 4.79 Å². The normalized spacial score (nSPS) is 10.9. The second-order valence-corrected chi connectivity index (χ2v) is 6.47. The number of carbonyl (C=O) groups is 1. The van der Waals surface area contributed by atoms with Gasteiger partial charge in [0.25, 0.3) is 0 Å². The molecule has 2 aromatic rings. The van der Waals surface area contributed by atoms with Gasteiger partial charge >= 0.3 is 0 Å². The first-order chi connectivity index (χ1) is 9.04. The van der Waals surface area contributed by atoms with E-state index in [4.69, 9.17) is 0 Å². The highest BCUT2D eigenvalue weighted by Crippen LogP contribution is 2.20. The Morgan fingerprint density at radius 3 is 2.68 bits per heavy atom. The summed E-state index contributed by atoms with van der Waals surface area (Å²) < 4.78 is 1.01. The van der Waals surface area contributed by atoms with E-state index < -0.39 is 0 Å². The van der Waals surface area contributed by atoms with Gasteiger partial charge in [0.15, 0.2) is 0 Å². The molecule has 1 amide bonds. The maximum atomic E-state index is 11.8. The summed E-state index contributed by atoms with van der Waals surface area (Å²) in [4.78, 5) is 14.1. The summed E-state index contributed by atoms with van der Waals surface area (Å²) in [7, 11) is 0. The molecule has 0 unspecified atom stereocenters. The zero-order chi connectivity index (χ0) is 13.8. The Balaban J connectivity index is 2.03. The first-order valence-electron chi connectivity index (χ1n) is 5.86. The molecule has 0 fully saturated rings. The van der Waals surface area contributed by atoms with E-state index in [2.05, 4.69) is 21.2 Å². The van der Waals surface area contributed by atoms with E-state index in [0.29, 0.717) is 0 Å². The maximum absolute atomic E-state index is 11.8. The molecular weight excluding hydrogens is 322 g/mol. The van der Waals surface area contributed by atoms with Gasteiger partial charge in [-0.05, 0) is 55.8 Å². The Labute approximate surface area is 125 Å². The van der Waals surface area contributed by atoms with Crippen LogP contribution in [0.2, 0.25) is 0 Å². The zero-order valence-corrected chi connectivity index (χ0v) is 13.1. The molecule has 0 aliphatic heterocycles. The molecule has 2 nitrogen and oxygen atoms in total. The smallest absolute Gasteiger partial charge is 0.248 e. The van der Waals surface area contributed by atoms with Crippen molar-refractivity contribution in [1.29, 1.82) is 0 Å². The summed E-state index contributed by atoms with van der Waals surface area (Å²) in [6, 6.07) is 9.83. The van der Waals surface area contributed by atoms with E-state index in [1.165, 1.54) is 4.88 Å². The Morgan fingerprint density at radius 2 is 2.05 bits per heavy atom. The number of carbonyl (C=O) groups excluding carboxylic acids is 1. The Hall–Kier alpha value is -1.39. The van der Waals surface area contributed by atoms with Gasteiger partial charge in [-0.15, -0.1) is 11.3 Å². The van der Waals surface area contributed by atoms with Crippen LogP contribution in [-0.4, -0.2) is 5.91 Å². The van der Waals surface area contributed by atoms with E-state index in [-0.39, 0.29) is 5.91 Å². The van der Waals surface area contributed by atoms with Gasteiger partial charge in [-0.2, -0.15) is 0 Å². The molecule has 0 spiro atoms. The van der Waals surface area contributed by atoms with Gasteiger partial charge in [0, 0.05) is 26.0 Å². The molecule has 0 saturated carbocycles. The maximum Gasteiger partial charge on any atom is 0.248 e. The number of rotatable bonds is 3. The van der Waals surface area contributed by atoms with Crippen molar-refractivity contribution in [1.82, 2.24) is 0 Å². The van der Waals surface area contributed by atoms with Gasteiger partial charge in [-0.3, -0.25) is 4.79 Å². The Kier molecular flexibility index (Phi) is 4.56. The molecule has 4 heteroatoms. The Bertz CT molecular complexity index is 631. The van der Waals surface area contributed by atoms with Crippen molar-refractivity contribution in [2.75, 3.05) is 5.32 Å². The number of hydrogen-bond acceptors (Lipinski definition) is 2. The Morgan fingerprint density at radius 1 is 1.26 bits per heavy atom. The second-order valence-electron chi connectivity index (χ2n) is 4.23. The van der Waals surface area contributed by atoms with Crippen LogP contribution >= 0.6 is 27.3 Å². The molecule has 19 heavy (non-hydrogen) atoms. The zero-order valence-electron chi connectivity index (χ0n) is 10.7. The number of thiophene rings is 1. The molecule has 2 rings (SSSR count). The number of nitrogens with one attached hydrogen (secondary N) is 1. The topological polar surface area (TPSA) is 29.1 Å². The molecule has 1 N–H and O–H groups in total. The minimum absolute atomic E-state index is 0.114. The quantitative estimate of drug-likeness (QED) is 0.803. The molecule has 0 aliphatic carbocycles. The summed E-state index contributed by atoms with van der Waals surface area (Å²) in [6.45, 7) is 4.01. The minimum atomic E-state index is -0.114. The third kappa shape index (κ3) is 4.04. The molecular formula is C15H14BrNOS. The van der Waals surface area contributed by atoms with Crippen molar-refractivity contribution in [2.24, 2.45) is 0 Å². The van der Waals surface area contributed by atoms with Crippen LogP contribution in [0.5, 0.6) is 0 Å². The monoisotopic (exact) mass is 335 g/mol. The number of amides is 1. The highest BCUT2D eigenvalue weighted by atomic mass is 79.9. The van der Waals surface area contributed by atoms with E-state index in [1.54, 1.807) is 17.4 Å². The van der Waals surface area contributed by atoms with Gasteiger partial charge in [0.05, 0.1) is 0 Å². The average molecular weight is 336 g/mol. The fraction of sp³-hybridized carbons (Fsp3) is 0.133. The highest BCUT2D eigenvalue weighted by molar-refractivity contribution is 9.10. The minimum Gasteiger partial charge on any atom is -0.322 e. The van der Waals surface area contributed by atoms with Crippen molar-refractivity contribution in [3.63, 3.8) is 0 Å². The number of anilines is 1. The molecule has 0 radical (unpaired) electrons. The third-order valence-electron chi connectivity index (χ3n) is 2.61. The molecule has 0 aliphatic rings. The van der Waals surface area contributed by atoms with Crippen LogP contribution in [0.15, 0.2) is 40.9 Å². The summed E-state index contributed by atoms with van der Waals surface area (Å²) in [6.07, 6.45) is 3.40. The molecule has 1 aromatic carbocycles. The van der Waals surface area contributed by atoms with Crippen molar-refractivity contribution < 1.29 is 4.79 Å². The number of hydrogen-bond donors (Lipinski definition) is 1. The molecule has 0 saturated heterocycles. The van der Waals surface area contributed by atoms with Crippen LogP contribution in [0.25, 0.3) is 6.08 Å². The molecule has 98 valence electrons. The van der Waals surface area contributed by atoms with Crippen molar-refractivity contribution in [2.45, 2.75) is 13.8 Å². The largest absolute Gasteiger partial charge is 0.322 e. The predicted octanol–water partition coefficient (Wildman–Crippen LogP) is 4.78. The second kappa shape index (κ2) is 6.17. The van der Waals surface area contributed by atoms with Crippen molar-refractivity contribution in [3.05, 3.63) is 56.2 Å². The molecule has 0 atom stereocenters.